The van der Waals surface area contributed by atoms with Crippen molar-refractivity contribution in [1.29, 1.82) is 0 Å². The Morgan fingerprint density at radius 3 is 2.41 bits per heavy atom. The SMILES string of the molecule is CCC1CCCC2(C)C1CCC2(O)C(F)(F)F. The predicted octanol–water partition coefficient (Wildman–Crippen LogP) is 3.91. The van der Waals surface area contributed by atoms with E-state index in [4.69, 9.17) is 0 Å². The fraction of sp³-hybridized carbons (Fsp3) is 1.00. The summed E-state index contributed by atoms with van der Waals surface area (Å²) in [5, 5.41) is 10.2. The van der Waals surface area contributed by atoms with E-state index in [0.29, 0.717) is 18.8 Å². The Bertz CT molecular complexity index is 302. The van der Waals surface area contributed by atoms with Gasteiger partial charge in [0.15, 0.2) is 5.60 Å². The van der Waals surface area contributed by atoms with Crippen molar-refractivity contribution in [3.63, 3.8) is 0 Å². The predicted molar refractivity (Wildman–Crippen MR) is 59.5 cm³/mol. The van der Waals surface area contributed by atoms with E-state index in [0.717, 1.165) is 19.3 Å². The van der Waals surface area contributed by atoms with E-state index in [1.165, 1.54) is 0 Å². The molecule has 0 aromatic carbocycles. The summed E-state index contributed by atoms with van der Waals surface area (Å²) < 4.78 is 39.4. The summed E-state index contributed by atoms with van der Waals surface area (Å²) >= 11 is 0. The zero-order valence-corrected chi connectivity index (χ0v) is 10.5. The van der Waals surface area contributed by atoms with Gasteiger partial charge >= 0.3 is 6.18 Å². The summed E-state index contributed by atoms with van der Waals surface area (Å²) in [6.07, 6.45) is -0.835. The first-order chi connectivity index (χ1) is 7.76. The number of aliphatic hydroxyl groups is 1. The van der Waals surface area contributed by atoms with Gasteiger partial charge in [0.25, 0.3) is 0 Å². The molecule has 2 aliphatic rings. The van der Waals surface area contributed by atoms with Crippen LogP contribution in [0.15, 0.2) is 0 Å². The number of halogens is 3. The number of hydrogen-bond acceptors (Lipinski definition) is 1. The van der Waals surface area contributed by atoms with Crippen LogP contribution in [0.1, 0.15) is 52.4 Å². The standard InChI is InChI=1S/C13H21F3O/c1-3-9-5-4-7-11(2)10(9)6-8-12(11,17)13(14,15)16/h9-10,17H,3-8H2,1-2H3. The molecule has 100 valence electrons. The maximum absolute atomic E-state index is 13.1. The minimum atomic E-state index is -4.49. The summed E-state index contributed by atoms with van der Waals surface area (Å²) in [5.74, 6) is 0.387. The number of alkyl halides is 3. The molecule has 4 atom stereocenters. The fourth-order valence-corrected chi connectivity index (χ4v) is 4.31. The monoisotopic (exact) mass is 250 g/mol. The third-order valence-corrected chi connectivity index (χ3v) is 5.41. The molecule has 2 aliphatic carbocycles. The average molecular weight is 250 g/mol. The maximum Gasteiger partial charge on any atom is 0.417 e. The second-order valence-electron chi connectivity index (χ2n) is 5.98. The molecule has 0 bridgehead atoms. The van der Waals surface area contributed by atoms with E-state index >= 15 is 0 Å². The van der Waals surface area contributed by atoms with Crippen molar-refractivity contribution < 1.29 is 18.3 Å². The van der Waals surface area contributed by atoms with E-state index in [2.05, 4.69) is 0 Å². The molecule has 0 aliphatic heterocycles. The lowest BCUT2D eigenvalue weighted by Crippen LogP contribution is -2.57. The second kappa shape index (κ2) is 3.87. The zero-order valence-electron chi connectivity index (χ0n) is 10.5. The van der Waals surface area contributed by atoms with E-state index in [-0.39, 0.29) is 12.3 Å². The number of fused-ring (bicyclic) bond motifs is 1. The van der Waals surface area contributed by atoms with Gasteiger partial charge < -0.3 is 5.11 Å². The molecular formula is C13H21F3O. The van der Waals surface area contributed by atoms with Crippen LogP contribution in [0.2, 0.25) is 0 Å². The maximum atomic E-state index is 13.1. The molecule has 4 unspecified atom stereocenters. The molecule has 0 aromatic heterocycles. The van der Waals surface area contributed by atoms with Crippen LogP contribution in [0.5, 0.6) is 0 Å². The Balaban J connectivity index is 2.36. The summed E-state index contributed by atoms with van der Waals surface area (Å²) in [6.45, 7) is 3.70. The molecule has 0 heterocycles. The highest BCUT2D eigenvalue weighted by atomic mass is 19.4. The van der Waals surface area contributed by atoms with Gasteiger partial charge in [0.1, 0.15) is 0 Å². The molecule has 1 N–H and O–H groups in total. The van der Waals surface area contributed by atoms with Gasteiger partial charge in [-0.3, -0.25) is 0 Å². The Morgan fingerprint density at radius 1 is 1.24 bits per heavy atom. The van der Waals surface area contributed by atoms with Crippen LogP contribution >= 0.6 is 0 Å². The van der Waals surface area contributed by atoms with Crippen LogP contribution in [-0.2, 0) is 0 Å². The summed E-state index contributed by atoms with van der Waals surface area (Å²) in [5.41, 5.74) is -3.43. The van der Waals surface area contributed by atoms with Crippen molar-refractivity contribution in [3.05, 3.63) is 0 Å². The van der Waals surface area contributed by atoms with Crippen molar-refractivity contribution in [2.75, 3.05) is 0 Å². The minimum Gasteiger partial charge on any atom is -0.380 e. The minimum absolute atomic E-state index is 0.0351. The van der Waals surface area contributed by atoms with Gasteiger partial charge in [-0.1, -0.05) is 33.1 Å². The molecule has 0 spiro atoms. The average Bonchev–Trinajstić information content (AvgIpc) is 2.52. The van der Waals surface area contributed by atoms with E-state index in [1.807, 2.05) is 6.92 Å². The van der Waals surface area contributed by atoms with Crippen LogP contribution in [0.3, 0.4) is 0 Å². The summed E-state index contributed by atoms with van der Waals surface area (Å²) in [7, 11) is 0. The zero-order chi connectivity index (χ0) is 12.9. The molecule has 0 saturated heterocycles. The van der Waals surface area contributed by atoms with Gasteiger partial charge in [-0.15, -0.1) is 0 Å². The Labute approximate surface area is 100 Å². The lowest BCUT2D eigenvalue weighted by molar-refractivity contribution is -0.300. The van der Waals surface area contributed by atoms with Crippen molar-refractivity contribution in [1.82, 2.24) is 0 Å². The largest absolute Gasteiger partial charge is 0.417 e. The van der Waals surface area contributed by atoms with Gasteiger partial charge in [0.2, 0.25) is 0 Å². The smallest absolute Gasteiger partial charge is 0.380 e. The molecule has 2 saturated carbocycles. The van der Waals surface area contributed by atoms with Gasteiger partial charge in [0.05, 0.1) is 0 Å². The molecule has 4 heteroatoms. The van der Waals surface area contributed by atoms with Crippen molar-refractivity contribution in [2.45, 2.75) is 64.1 Å². The van der Waals surface area contributed by atoms with Gasteiger partial charge in [-0.25, -0.2) is 0 Å². The highest BCUT2D eigenvalue weighted by Crippen LogP contribution is 2.64. The van der Waals surface area contributed by atoms with Crippen LogP contribution in [0.4, 0.5) is 13.2 Å². The van der Waals surface area contributed by atoms with Gasteiger partial charge in [-0.2, -0.15) is 13.2 Å². The fourth-order valence-electron chi connectivity index (χ4n) is 4.31. The van der Waals surface area contributed by atoms with Crippen LogP contribution in [0.25, 0.3) is 0 Å². The first-order valence-electron chi connectivity index (χ1n) is 6.55. The molecule has 2 rings (SSSR count). The molecule has 2 fully saturated rings. The molecule has 0 aromatic rings. The number of hydrogen-bond donors (Lipinski definition) is 1. The number of rotatable bonds is 1. The highest BCUT2D eigenvalue weighted by molar-refractivity contribution is 5.12. The lowest BCUT2D eigenvalue weighted by Gasteiger charge is -2.49. The normalized spacial score (nSPS) is 46.9. The van der Waals surface area contributed by atoms with Crippen LogP contribution in [0, 0.1) is 17.3 Å². The topological polar surface area (TPSA) is 20.2 Å². The Morgan fingerprint density at radius 2 is 1.88 bits per heavy atom. The van der Waals surface area contributed by atoms with Crippen molar-refractivity contribution in [3.8, 4) is 0 Å². The summed E-state index contributed by atoms with van der Waals surface area (Å²) in [4.78, 5) is 0. The van der Waals surface area contributed by atoms with Crippen molar-refractivity contribution in [2.24, 2.45) is 17.3 Å². The van der Waals surface area contributed by atoms with E-state index < -0.39 is 17.2 Å². The quantitative estimate of drug-likeness (QED) is 0.748. The second-order valence-corrected chi connectivity index (χ2v) is 5.98. The molecule has 1 nitrogen and oxygen atoms in total. The Hall–Kier alpha value is -0.250. The molecule has 17 heavy (non-hydrogen) atoms. The van der Waals surface area contributed by atoms with Crippen LogP contribution in [-0.4, -0.2) is 16.9 Å². The summed E-state index contributed by atoms with van der Waals surface area (Å²) in [6, 6.07) is 0. The van der Waals surface area contributed by atoms with Crippen LogP contribution < -0.4 is 0 Å². The third-order valence-electron chi connectivity index (χ3n) is 5.41. The van der Waals surface area contributed by atoms with E-state index in [1.54, 1.807) is 6.92 Å². The lowest BCUT2D eigenvalue weighted by atomic mass is 9.59. The molecule has 0 radical (unpaired) electrons. The van der Waals surface area contributed by atoms with Gasteiger partial charge in [-0.05, 0) is 31.1 Å². The van der Waals surface area contributed by atoms with Gasteiger partial charge in [0, 0.05) is 5.41 Å². The highest BCUT2D eigenvalue weighted by Gasteiger charge is 2.70. The molecule has 0 amide bonds. The van der Waals surface area contributed by atoms with Crippen molar-refractivity contribution >= 4 is 0 Å². The first kappa shape index (κ1) is 13.2. The first-order valence-corrected chi connectivity index (χ1v) is 6.55. The molecular weight excluding hydrogens is 229 g/mol. The third kappa shape index (κ3) is 1.63. The van der Waals surface area contributed by atoms with E-state index in [9.17, 15) is 18.3 Å². The Kier molecular flexibility index (Phi) is 3.00.